The van der Waals surface area contributed by atoms with Gasteiger partial charge < -0.3 is 15.2 Å². The second kappa shape index (κ2) is 4.13. The van der Waals surface area contributed by atoms with E-state index in [-0.39, 0.29) is 0 Å². The molecule has 4 nitrogen and oxygen atoms in total. The average Bonchev–Trinajstić information content (AvgIpc) is 2.75. The lowest BCUT2D eigenvalue weighted by molar-refractivity contribution is 0.830. The zero-order valence-corrected chi connectivity index (χ0v) is 9.90. The molecule has 1 aliphatic heterocycles. The molecule has 1 aromatic heterocycles. The molecular formula is C13H16N4. The highest BCUT2D eigenvalue weighted by molar-refractivity contribution is 5.63. The molecule has 88 valence electrons. The number of aryl methyl sites for hydroxylation is 2. The Bertz CT molecular complexity index is 530. The normalized spacial score (nSPS) is 13.9. The highest BCUT2D eigenvalue weighted by Gasteiger charge is 2.09. The molecule has 0 radical (unpaired) electrons. The Kier molecular flexibility index (Phi) is 2.48. The van der Waals surface area contributed by atoms with E-state index in [1.54, 1.807) is 6.20 Å². The zero-order valence-electron chi connectivity index (χ0n) is 9.90. The summed E-state index contributed by atoms with van der Waals surface area (Å²) in [6.45, 7) is 1.08. The third-order valence-electron chi connectivity index (χ3n) is 3.12. The standard InChI is InChI=1S/C13H16N4/c1-17-8-7-15-13(17)16-11-4-5-12-10(9-11)3-2-6-14-12/h4-5,7-9,14H,2-3,6H2,1H3,(H,15,16). The first-order chi connectivity index (χ1) is 8.33. The second-order valence-corrected chi connectivity index (χ2v) is 4.39. The van der Waals surface area contributed by atoms with E-state index in [1.165, 1.54) is 17.7 Å². The number of benzene rings is 1. The second-order valence-electron chi connectivity index (χ2n) is 4.39. The van der Waals surface area contributed by atoms with Gasteiger partial charge in [-0.15, -0.1) is 0 Å². The summed E-state index contributed by atoms with van der Waals surface area (Å²) in [5, 5.41) is 6.74. The molecule has 0 unspecified atom stereocenters. The van der Waals surface area contributed by atoms with E-state index in [0.717, 1.165) is 24.6 Å². The molecule has 3 rings (SSSR count). The van der Waals surface area contributed by atoms with Crippen LogP contribution in [0.25, 0.3) is 0 Å². The van der Waals surface area contributed by atoms with E-state index in [1.807, 2.05) is 17.8 Å². The molecule has 1 aliphatic rings. The van der Waals surface area contributed by atoms with Gasteiger partial charge in [0.15, 0.2) is 0 Å². The lowest BCUT2D eigenvalue weighted by atomic mass is 10.0. The van der Waals surface area contributed by atoms with Gasteiger partial charge in [0.1, 0.15) is 0 Å². The van der Waals surface area contributed by atoms with Crippen LogP contribution in [0, 0.1) is 0 Å². The molecule has 2 heterocycles. The highest BCUT2D eigenvalue weighted by Crippen LogP contribution is 2.26. The maximum absolute atomic E-state index is 4.26. The SMILES string of the molecule is Cn1ccnc1Nc1ccc2c(c1)CCCN2. The molecule has 2 N–H and O–H groups in total. The van der Waals surface area contributed by atoms with Crippen molar-refractivity contribution in [2.75, 3.05) is 17.2 Å². The van der Waals surface area contributed by atoms with E-state index >= 15 is 0 Å². The average molecular weight is 228 g/mol. The van der Waals surface area contributed by atoms with Crippen LogP contribution in [0.5, 0.6) is 0 Å². The van der Waals surface area contributed by atoms with Gasteiger partial charge in [-0.1, -0.05) is 0 Å². The van der Waals surface area contributed by atoms with Crippen molar-refractivity contribution in [3.63, 3.8) is 0 Å². The fraction of sp³-hybridized carbons (Fsp3) is 0.308. The van der Waals surface area contributed by atoms with Gasteiger partial charge in [-0.25, -0.2) is 4.98 Å². The van der Waals surface area contributed by atoms with Gasteiger partial charge >= 0.3 is 0 Å². The molecule has 0 saturated carbocycles. The number of aromatic nitrogens is 2. The van der Waals surface area contributed by atoms with Crippen LogP contribution in [-0.4, -0.2) is 16.1 Å². The van der Waals surface area contributed by atoms with Crippen molar-refractivity contribution < 1.29 is 0 Å². The number of rotatable bonds is 2. The summed E-state index contributed by atoms with van der Waals surface area (Å²) < 4.78 is 1.97. The number of anilines is 3. The van der Waals surface area contributed by atoms with Gasteiger partial charge in [0, 0.05) is 37.4 Å². The van der Waals surface area contributed by atoms with Crippen molar-refractivity contribution in [3.8, 4) is 0 Å². The molecule has 1 aromatic carbocycles. The monoisotopic (exact) mass is 228 g/mol. The van der Waals surface area contributed by atoms with Gasteiger partial charge in [0.05, 0.1) is 0 Å². The Labute approximate surface area is 101 Å². The summed E-state index contributed by atoms with van der Waals surface area (Å²) in [6, 6.07) is 6.43. The van der Waals surface area contributed by atoms with Gasteiger partial charge in [-0.05, 0) is 36.6 Å². The Balaban J connectivity index is 1.87. The number of imidazole rings is 1. The first-order valence-corrected chi connectivity index (χ1v) is 5.94. The minimum atomic E-state index is 0.869. The van der Waals surface area contributed by atoms with Crippen LogP contribution in [0.4, 0.5) is 17.3 Å². The molecule has 0 saturated heterocycles. The van der Waals surface area contributed by atoms with Crippen molar-refractivity contribution in [2.24, 2.45) is 7.05 Å². The van der Waals surface area contributed by atoms with E-state index in [2.05, 4.69) is 33.8 Å². The van der Waals surface area contributed by atoms with Crippen LogP contribution >= 0.6 is 0 Å². The molecule has 4 heteroatoms. The summed E-state index contributed by atoms with van der Waals surface area (Å²) in [6.07, 6.45) is 6.09. The van der Waals surface area contributed by atoms with Gasteiger partial charge in [-0.3, -0.25) is 0 Å². The summed E-state index contributed by atoms with van der Waals surface area (Å²) in [5.41, 5.74) is 3.75. The molecule has 0 fully saturated rings. The summed E-state index contributed by atoms with van der Waals surface area (Å²) >= 11 is 0. The minimum absolute atomic E-state index is 0.869. The molecule has 2 aromatic rings. The fourth-order valence-electron chi connectivity index (χ4n) is 2.17. The fourth-order valence-corrected chi connectivity index (χ4v) is 2.17. The van der Waals surface area contributed by atoms with Gasteiger partial charge in [0.2, 0.25) is 5.95 Å². The van der Waals surface area contributed by atoms with Crippen molar-refractivity contribution >= 4 is 17.3 Å². The lowest BCUT2D eigenvalue weighted by Gasteiger charge is -2.18. The largest absolute Gasteiger partial charge is 0.385 e. The van der Waals surface area contributed by atoms with E-state index in [0.29, 0.717) is 0 Å². The smallest absolute Gasteiger partial charge is 0.207 e. The summed E-state index contributed by atoms with van der Waals surface area (Å²) in [5.74, 6) is 0.869. The molecule has 0 bridgehead atoms. The number of nitrogens with zero attached hydrogens (tertiary/aromatic N) is 2. The van der Waals surface area contributed by atoms with Crippen LogP contribution in [0.2, 0.25) is 0 Å². The highest BCUT2D eigenvalue weighted by atomic mass is 15.2. The third kappa shape index (κ3) is 1.98. The quantitative estimate of drug-likeness (QED) is 0.830. The molecular weight excluding hydrogens is 212 g/mol. The number of hydrogen-bond donors (Lipinski definition) is 2. The van der Waals surface area contributed by atoms with E-state index in [4.69, 9.17) is 0 Å². The minimum Gasteiger partial charge on any atom is -0.385 e. The maximum Gasteiger partial charge on any atom is 0.207 e. The number of nitrogens with one attached hydrogen (secondary N) is 2. The Hall–Kier alpha value is -1.97. The third-order valence-corrected chi connectivity index (χ3v) is 3.12. The first kappa shape index (κ1) is 10.2. The Morgan fingerprint density at radius 3 is 3.18 bits per heavy atom. The zero-order chi connectivity index (χ0) is 11.7. The van der Waals surface area contributed by atoms with Crippen LogP contribution in [0.3, 0.4) is 0 Å². The first-order valence-electron chi connectivity index (χ1n) is 5.94. The Morgan fingerprint density at radius 1 is 1.41 bits per heavy atom. The van der Waals surface area contributed by atoms with Crippen LogP contribution in [-0.2, 0) is 13.5 Å². The number of hydrogen-bond acceptors (Lipinski definition) is 3. The van der Waals surface area contributed by atoms with Gasteiger partial charge in [0.25, 0.3) is 0 Å². The van der Waals surface area contributed by atoms with Crippen molar-refractivity contribution in [1.82, 2.24) is 9.55 Å². The predicted molar refractivity (Wildman–Crippen MR) is 69.7 cm³/mol. The van der Waals surface area contributed by atoms with Crippen molar-refractivity contribution in [1.29, 1.82) is 0 Å². The molecule has 17 heavy (non-hydrogen) atoms. The molecule has 0 atom stereocenters. The summed E-state index contributed by atoms with van der Waals surface area (Å²) in [4.78, 5) is 4.26. The van der Waals surface area contributed by atoms with Crippen molar-refractivity contribution in [3.05, 3.63) is 36.2 Å². The van der Waals surface area contributed by atoms with E-state index < -0.39 is 0 Å². The van der Waals surface area contributed by atoms with Crippen molar-refractivity contribution in [2.45, 2.75) is 12.8 Å². The molecule has 0 aliphatic carbocycles. The molecule has 0 amide bonds. The maximum atomic E-state index is 4.26. The predicted octanol–water partition coefficient (Wildman–Crippen LogP) is 2.52. The number of fused-ring (bicyclic) bond motifs is 1. The van der Waals surface area contributed by atoms with Crippen LogP contribution in [0.15, 0.2) is 30.6 Å². The lowest BCUT2D eigenvalue weighted by Crippen LogP contribution is -2.11. The molecule has 0 spiro atoms. The van der Waals surface area contributed by atoms with Crippen LogP contribution in [0.1, 0.15) is 12.0 Å². The van der Waals surface area contributed by atoms with Crippen LogP contribution < -0.4 is 10.6 Å². The topological polar surface area (TPSA) is 41.9 Å². The van der Waals surface area contributed by atoms with Gasteiger partial charge in [-0.2, -0.15) is 0 Å². The summed E-state index contributed by atoms with van der Waals surface area (Å²) in [7, 11) is 1.98. The Morgan fingerprint density at radius 2 is 2.35 bits per heavy atom. The van der Waals surface area contributed by atoms with E-state index in [9.17, 15) is 0 Å².